The summed E-state index contributed by atoms with van der Waals surface area (Å²) in [5, 5.41) is 2.90. The Bertz CT molecular complexity index is 628. The van der Waals surface area contributed by atoms with Gasteiger partial charge in [-0.15, -0.1) is 11.8 Å². The summed E-state index contributed by atoms with van der Waals surface area (Å²) in [5.74, 6) is 0.793. The van der Waals surface area contributed by atoms with Crippen molar-refractivity contribution in [3.63, 3.8) is 0 Å². The van der Waals surface area contributed by atoms with Crippen LogP contribution in [0.4, 0.5) is 5.69 Å². The van der Waals surface area contributed by atoms with Gasteiger partial charge >= 0.3 is 0 Å². The van der Waals surface area contributed by atoms with Gasteiger partial charge in [-0.05, 0) is 37.1 Å². The predicted molar refractivity (Wildman–Crippen MR) is 88.3 cm³/mol. The Balaban J connectivity index is 1.68. The van der Waals surface area contributed by atoms with Crippen molar-refractivity contribution >= 4 is 23.4 Å². The van der Waals surface area contributed by atoms with Crippen LogP contribution in [0.1, 0.15) is 23.2 Å². The summed E-state index contributed by atoms with van der Waals surface area (Å²) in [6, 6.07) is 11.2. The monoisotopic (exact) mass is 314 g/mol. The first kappa shape index (κ1) is 15.1. The molecule has 0 aliphatic carbocycles. The first-order chi connectivity index (χ1) is 10.8. The van der Waals surface area contributed by atoms with Crippen LogP contribution in [-0.2, 0) is 4.74 Å². The SMILES string of the molecule is O=C(Nc1ccncc1)c1ccccc1SC[C@H]1CCCO1. The zero-order chi connectivity index (χ0) is 15.2. The molecule has 1 fully saturated rings. The van der Waals surface area contributed by atoms with Gasteiger partial charge in [-0.2, -0.15) is 0 Å². The van der Waals surface area contributed by atoms with Crippen molar-refractivity contribution in [2.24, 2.45) is 0 Å². The summed E-state index contributed by atoms with van der Waals surface area (Å²) in [4.78, 5) is 17.4. The summed E-state index contributed by atoms with van der Waals surface area (Å²) in [5.41, 5.74) is 1.45. The fraction of sp³-hybridized carbons (Fsp3) is 0.294. The maximum Gasteiger partial charge on any atom is 0.256 e. The van der Waals surface area contributed by atoms with E-state index >= 15 is 0 Å². The number of pyridine rings is 1. The number of amides is 1. The minimum atomic E-state index is -0.0957. The van der Waals surface area contributed by atoms with Crippen LogP contribution in [0.3, 0.4) is 0 Å². The zero-order valence-corrected chi connectivity index (χ0v) is 13.0. The van der Waals surface area contributed by atoms with Crippen molar-refractivity contribution in [3.05, 3.63) is 54.4 Å². The molecule has 3 rings (SSSR count). The van der Waals surface area contributed by atoms with Gasteiger partial charge in [-0.1, -0.05) is 12.1 Å². The van der Waals surface area contributed by atoms with E-state index in [9.17, 15) is 4.79 Å². The Hall–Kier alpha value is -1.85. The highest BCUT2D eigenvalue weighted by atomic mass is 32.2. The molecule has 0 bridgehead atoms. The number of carbonyl (C=O) groups is 1. The number of hydrogen-bond donors (Lipinski definition) is 1. The van der Waals surface area contributed by atoms with Gasteiger partial charge in [-0.25, -0.2) is 0 Å². The third kappa shape index (κ3) is 3.87. The molecule has 1 aliphatic rings. The summed E-state index contributed by atoms with van der Waals surface area (Å²) >= 11 is 1.69. The molecular weight excluding hydrogens is 296 g/mol. The molecule has 4 nitrogen and oxygen atoms in total. The van der Waals surface area contributed by atoms with Crippen molar-refractivity contribution in [1.82, 2.24) is 4.98 Å². The highest BCUT2D eigenvalue weighted by molar-refractivity contribution is 7.99. The van der Waals surface area contributed by atoms with Crippen LogP contribution in [0.2, 0.25) is 0 Å². The first-order valence-corrected chi connectivity index (χ1v) is 8.36. The third-order valence-electron chi connectivity index (χ3n) is 3.52. The van der Waals surface area contributed by atoms with Crippen molar-refractivity contribution in [2.75, 3.05) is 17.7 Å². The number of nitrogens with one attached hydrogen (secondary N) is 1. The highest BCUT2D eigenvalue weighted by Gasteiger charge is 2.17. The van der Waals surface area contributed by atoms with E-state index in [0.717, 1.165) is 35.8 Å². The molecule has 1 amide bonds. The second-order valence-corrected chi connectivity index (χ2v) is 6.19. The van der Waals surface area contributed by atoms with Crippen LogP contribution in [0.15, 0.2) is 53.7 Å². The molecule has 1 N–H and O–H groups in total. The molecule has 1 aliphatic heterocycles. The normalized spacial score (nSPS) is 17.4. The molecule has 2 aromatic rings. The molecular formula is C17H18N2O2S. The standard InChI is InChI=1S/C17H18N2O2S/c20-17(19-13-7-9-18-10-8-13)15-5-1-2-6-16(15)22-12-14-4-3-11-21-14/h1-2,5-10,14H,3-4,11-12H2,(H,18,19,20)/t14-/m1/s1. The van der Waals surface area contributed by atoms with Gasteiger partial charge in [-0.3, -0.25) is 9.78 Å². The van der Waals surface area contributed by atoms with Crippen molar-refractivity contribution in [1.29, 1.82) is 0 Å². The molecule has 5 heteroatoms. The Morgan fingerprint density at radius 3 is 2.86 bits per heavy atom. The average molecular weight is 314 g/mol. The number of ether oxygens (including phenoxy) is 1. The lowest BCUT2D eigenvalue weighted by Gasteiger charge is -2.12. The van der Waals surface area contributed by atoms with Crippen molar-refractivity contribution in [2.45, 2.75) is 23.8 Å². The number of carbonyl (C=O) groups excluding carboxylic acids is 1. The topological polar surface area (TPSA) is 51.2 Å². The van der Waals surface area contributed by atoms with E-state index < -0.39 is 0 Å². The fourth-order valence-electron chi connectivity index (χ4n) is 2.37. The van der Waals surface area contributed by atoms with Gasteiger partial charge in [0, 0.05) is 35.3 Å². The van der Waals surface area contributed by atoms with Crippen LogP contribution in [0, 0.1) is 0 Å². The van der Waals surface area contributed by atoms with E-state index in [1.165, 1.54) is 0 Å². The lowest BCUT2D eigenvalue weighted by Crippen LogP contribution is -2.14. The average Bonchev–Trinajstić information content (AvgIpc) is 3.07. The quantitative estimate of drug-likeness (QED) is 0.857. The maximum atomic E-state index is 12.5. The summed E-state index contributed by atoms with van der Waals surface area (Å²) < 4.78 is 5.64. The lowest BCUT2D eigenvalue weighted by atomic mass is 10.2. The van der Waals surface area contributed by atoms with E-state index in [2.05, 4.69) is 10.3 Å². The van der Waals surface area contributed by atoms with Crippen molar-refractivity contribution in [3.8, 4) is 0 Å². The predicted octanol–water partition coefficient (Wildman–Crippen LogP) is 3.61. The smallest absolute Gasteiger partial charge is 0.256 e. The number of aromatic nitrogens is 1. The number of benzene rings is 1. The van der Waals surface area contributed by atoms with Crippen LogP contribution in [0.25, 0.3) is 0 Å². The molecule has 22 heavy (non-hydrogen) atoms. The van der Waals surface area contributed by atoms with Crippen LogP contribution < -0.4 is 5.32 Å². The Morgan fingerprint density at radius 2 is 2.09 bits per heavy atom. The molecule has 0 spiro atoms. The molecule has 0 radical (unpaired) electrons. The van der Waals surface area contributed by atoms with Gasteiger partial charge in [0.15, 0.2) is 0 Å². The minimum absolute atomic E-state index is 0.0957. The molecule has 1 saturated heterocycles. The van der Waals surface area contributed by atoms with Gasteiger partial charge in [0.05, 0.1) is 11.7 Å². The number of hydrogen-bond acceptors (Lipinski definition) is 4. The van der Waals surface area contributed by atoms with Gasteiger partial charge in [0.1, 0.15) is 0 Å². The van der Waals surface area contributed by atoms with E-state index in [4.69, 9.17) is 4.74 Å². The minimum Gasteiger partial charge on any atom is -0.377 e. The summed E-state index contributed by atoms with van der Waals surface area (Å²) in [6.45, 7) is 0.857. The number of anilines is 1. The van der Waals surface area contributed by atoms with Gasteiger partial charge in [0.25, 0.3) is 5.91 Å². The number of thioether (sulfide) groups is 1. The molecule has 1 aromatic carbocycles. The van der Waals surface area contributed by atoms with E-state index in [0.29, 0.717) is 11.7 Å². The second-order valence-electron chi connectivity index (χ2n) is 5.13. The van der Waals surface area contributed by atoms with Crippen LogP contribution in [0.5, 0.6) is 0 Å². The molecule has 0 unspecified atom stereocenters. The molecule has 114 valence electrons. The highest BCUT2D eigenvalue weighted by Crippen LogP contribution is 2.27. The summed E-state index contributed by atoms with van der Waals surface area (Å²) in [6.07, 6.45) is 5.87. The molecule has 2 heterocycles. The van der Waals surface area contributed by atoms with Crippen LogP contribution >= 0.6 is 11.8 Å². The van der Waals surface area contributed by atoms with E-state index in [-0.39, 0.29) is 5.91 Å². The van der Waals surface area contributed by atoms with E-state index in [1.807, 2.05) is 24.3 Å². The lowest BCUT2D eigenvalue weighted by molar-refractivity contribution is 0.102. The zero-order valence-electron chi connectivity index (χ0n) is 12.2. The number of nitrogens with zero attached hydrogens (tertiary/aromatic N) is 1. The number of rotatable bonds is 5. The summed E-state index contributed by atoms with van der Waals surface area (Å²) in [7, 11) is 0. The molecule has 1 atom stereocenters. The van der Waals surface area contributed by atoms with Crippen molar-refractivity contribution < 1.29 is 9.53 Å². The third-order valence-corrected chi connectivity index (χ3v) is 4.72. The van der Waals surface area contributed by atoms with E-state index in [1.54, 1.807) is 36.3 Å². The van der Waals surface area contributed by atoms with Gasteiger partial charge in [0.2, 0.25) is 0 Å². The Labute approximate surface area is 134 Å². The molecule has 0 saturated carbocycles. The second kappa shape index (κ2) is 7.42. The Kier molecular flexibility index (Phi) is 5.08. The largest absolute Gasteiger partial charge is 0.377 e. The van der Waals surface area contributed by atoms with Gasteiger partial charge < -0.3 is 10.1 Å². The maximum absolute atomic E-state index is 12.5. The fourth-order valence-corrected chi connectivity index (χ4v) is 3.49. The first-order valence-electron chi connectivity index (χ1n) is 7.38. The molecule has 1 aromatic heterocycles. The Morgan fingerprint density at radius 1 is 1.27 bits per heavy atom. The van der Waals surface area contributed by atoms with Crippen LogP contribution in [-0.4, -0.2) is 29.4 Å².